The second-order valence-corrected chi connectivity index (χ2v) is 17.1. The summed E-state index contributed by atoms with van der Waals surface area (Å²) in [5.41, 5.74) is 18.4. The van der Waals surface area contributed by atoms with Crippen molar-refractivity contribution in [2.45, 2.75) is 5.41 Å². The van der Waals surface area contributed by atoms with Crippen LogP contribution < -0.4 is 9.80 Å². The Hall–Kier alpha value is -8.60. The number of para-hydroxylation sites is 6. The van der Waals surface area contributed by atoms with E-state index in [-0.39, 0.29) is 0 Å². The van der Waals surface area contributed by atoms with Gasteiger partial charge in [-0.05, 0) is 106 Å². The van der Waals surface area contributed by atoms with Crippen molar-refractivity contribution < 1.29 is 8.83 Å². The molecule has 12 aromatic rings. The van der Waals surface area contributed by atoms with Gasteiger partial charge in [-0.2, -0.15) is 0 Å². The molecule has 14 rings (SSSR count). The molecule has 2 aliphatic carbocycles. The van der Waals surface area contributed by atoms with E-state index in [1.54, 1.807) is 0 Å². The molecule has 0 saturated heterocycles. The predicted octanol–water partition coefficient (Wildman–Crippen LogP) is 16.8. The Labute approximate surface area is 375 Å². The van der Waals surface area contributed by atoms with E-state index < -0.39 is 5.41 Å². The first-order valence-electron chi connectivity index (χ1n) is 22.3. The van der Waals surface area contributed by atoms with Gasteiger partial charge in [0.2, 0.25) is 0 Å². The molecule has 4 heteroatoms. The number of rotatable bonds is 6. The van der Waals surface area contributed by atoms with Crippen LogP contribution in [0.4, 0.5) is 34.1 Å². The largest absolute Gasteiger partial charge is 0.455 e. The Morgan fingerprint density at radius 1 is 0.308 bits per heavy atom. The molecule has 0 unspecified atom stereocenters. The molecule has 65 heavy (non-hydrogen) atoms. The van der Waals surface area contributed by atoms with Crippen LogP contribution in [-0.4, -0.2) is 0 Å². The van der Waals surface area contributed by atoms with Crippen LogP contribution in [0.15, 0.2) is 239 Å². The summed E-state index contributed by atoms with van der Waals surface area (Å²) < 4.78 is 14.6. The van der Waals surface area contributed by atoms with Gasteiger partial charge in [0.05, 0.1) is 22.2 Å². The SMILES string of the molecule is c1ccc(N(c2ccccc2)c2cc3c(c4c2oc2ccccc24)-c2c(cc(N(c4ccccc4)c4ccccc4)c4c2oc2ccccc24)C32c3ccccc3-c3ccccc32)cc1. The summed E-state index contributed by atoms with van der Waals surface area (Å²) in [7, 11) is 0. The average Bonchev–Trinajstić information content (AvgIpc) is 4.11. The second-order valence-electron chi connectivity index (χ2n) is 17.1. The highest BCUT2D eigenvalue weighted by Gasteiger charge is 2.54. The molecule has 0 amide bonds. The van der Waals surface area contributed by atoms with Crippen molar-refractivity contribution in [2.75, 3.05) is 9.80 Å². The molecule has 0 N–H and O–H groups in total. The van der Waals surface area contributed by atoms with Gasteiger partial charge >= 0.3 is 0 Å². The van der Waals surface area contributed by atoms with Gasteiger partial charge in [-0.25, -0.2) is 0 Å². The fourth-order valence-corrected chi connectivity index (χ4v) is 11.3. The van der Waals surface area contributed by atoms with E-state index in [2.05, 4.69) is 240 Å². The van der Waals surface area contributed by atoms with Gasteiger partial charge in [0, 0.05) is 50.0 Å². The van der Waals surface area contributed by atoms with Crippen molar-refractivity contribution in [3.05, 3.63) is 253 Å². The van der Waals surface area contributed by atoms with Gasteiger partial charge in [0.1, 0.15) is 16.7 Å². The van der Waals surface area contributed by atoms with Crippen LogP contribution in [-0.2, 0) is 5.41 Å². The fourth-order valence-electron chi connectivity index (χ4n) is 11.3. The van der Waals surface area contributed by atoms with E-state index in [1.807, 2.05) is 0 Å². The van der Waals surface area contributed by atoms with E-state index in [1.165, 1.54) is 33.4 Å². The van der Waals surface area contributed by atoms with Gasteiger partial charge < -0.3 is 18.6 Å². The van der Waals surface area contributed by atoms with Crippen molar-refractivity contribution in [1.82, 2.24) is 0 Å². The van der Waals surface area contributed by atoms with E-state index in [9.17, 15) is 0 Å². The minimum absolute atomic E-state index is 0.751. The number of nitrogens with zero attached hydrogens (tertiary/aromatic N) is 2. The summed E-state index contributed by atoms with van der Waals surface area (Å²) in [5, 5.41) is 4.26. The van der Waals surface area contributed by atoms with Gasteiger partial charge in [0.15, 0.2) is 5.58 Å². The predicted molar refractivity (Wildman–Crippen MR) is 267 cm³/mol. The van der Waals surface area contributed by atoms with Gasteiger partial charge in [0.25, 0.3) is 0 Å². The molecule has 4 nitrogen and oxygen atoms in total. The zero-order valence-corrected chi connectivity index (χ0v) is 35.2. The van der Waals surface area contributed by atoms with Crippen molar-refractivity contribution in [1.29, 1.82) is 0 Å². The maximum Gasteiger partial charge on any atom is 0.160 e. The second kappa shape index (κ2) is 13.7. The molecule has 0 radical (unpaired) electrons. The first kappa shape index (κ1) is 35.9. The quantitative estimate of drug-likeness (QED) is 0.167. The fraction of sp³-hybridized carbons (Fsp3) is 0.0164. The van der Waals surface area contributed by atoms with E-state index in [0.717, 1.165) is 89.1 Å². The van der Waals surface area contributed by atoms with E-state index in [4.69, 9.17) is 8.83 Å². The zero-order valence-electron chi connectivity index (χ0n) is 35.2. The van der Waals surface area contributed by atoms with Crippen LogP contribution in [0.1, 0.15) is 22.3 Å². The first-order valence-corrected chi connectivity index (χ1v) is 22.3. The molecule has 0 saturated carbocycles. The highest BCUT2D eigenvalue weighted by Crippen LogP contribution is 2.68. The van der Waals surface area contributed by atoms with Crippen LogP contribution >= 0.6 is 0 Å². The van der Waals surface area contributed by atoms with Crippen LogP contribution in [0.2, 0.25) is 0 Å². The third kappa shape index (κ3) is 4.91. The summed E-state index contributed by atoms with van der Waals surface area (Å²) in [4.78, 5) is 4.78. The van der Waals surface area contributed by atoms with Crippen LogP contribution in [0.3, 0.4) is 0 Å². The molecule has 0 bridgehead atoms. The zero-order chi connectivity index (χ0) is 42.6. The first-order chi connectivity index (χ1) is 32.3. The molecule has 10 aromatic carbocycles. The Bertz CT molecular complexity index is 3710. The Morgan fingerprint density at radius 3 is 1.22 bits per heavy atom. The summed E-state index contributed by atoms with van der Waals surface area (Å²) in [6, 6.07) is 82.9. The van der Waals surface area contributed by atoms with Crippen molar-refractivity contribution >= 4 is 78.0 Å². The number of furan rings is 2. The third-order valence-electron chi connectivity index (χ3n) is 13.8. The third-order valence-corrected chi connectivity index (χ3v) is 13.8. The van der Waals surface area contributed by atoms with Crippen LogP contribution in [0.25, 0.3) is 66.1 Å². The lowest BCUT2D eigenvalue weighted by molar-refractivity contribution is 0.668. The molecule has 0 aliphatic heterocycles. The molecule has 2 aromatic heterocycles. The summed E-state index contributed by atoms with van der Waals surface area (Å²) in [6.45, 7) is 0. The lowest BCUT2D eigenvalue weighted by Crippen LogP contribution is -2.26. The molecule has 2 aliphatic rings. The van der Waals surface area contributed by atoms with Gasteiger partial charge in [-0.15, -0.1) is 0 Å². The summed E-state index contributed by atoms with van der Waals surface area (Å²) in [6.07, 6.45) is 0. The lowest BCUT2D eigenvalue weighted by atomic mass is 9.70. The number of fused-ring (bicyclic) bond motifs is 18. The topological polar surface area (TPSA) is 32.8 Å². The van der Waals surface area contributed by atoms with Gasteiger partial charge in [-0.1, -0.05) is 158 Å². The van der Waals surface area contributed by atoms with E-state index >= 15 is 0 Å². The van der Waals surface area contributed by atoms with Crippen LogP contribution in [0, 0.1) is 0 Å². The molecular weight excluding hydrogens is 793 g/mol. The minimum atomic E-state index is -0.751. The minimum Gasteiger partial charge on any atom is -0.455 e. The van der Waals surface area contributed by atoms with Crippen LogP contribution in [0.5, 0.6) is 0 Å². The van der Waals surface area contributed by atoms with E-state index in [0.29, 0.717) is 0 Å². The average molecular weight is 831 g/mol. The highest BCUT2D eigenvalue weighted by molar-refractivity contribution is 6.26. The lowest BCUT2D eigenvalue weighted by Gasteiger charge is -2.33. The molecule has 2 heterocycles. The molecule has 0 atom stereocenters. The Balaban J connectivity index is 1.23. The number of hydrogen-bond donors (Lipinski definition) is 0. The summed E-state index contributed by atoms with van der Waals surface area (Å²) >= 11 is 0. The van der Waals surface area contributed by atoms with Crippen molar-refractivity contribution in [3.63, 3.8) is 0 Å². The van der Waals surface area contributed by atoms with Crippen molar-refractivity contribution in [2.24, 2.45) is 0 Å². The Morgan fingerprint density at radius 2 is 0.692 bits per heavy atom. The Kier molecular flexibility index (Phi) is 7.57. The normalized spacial score (nSPS) is 13.0. The molecule has 304 valence electrons. The molecule has 1 spiro atoms. The number of benzene rings is 10. The van der Waals surface area contributed by atoms with Crippen molar-refractivity contribution in [3.8, 4) is 22.3 Å². The standard InChI is InChI=1S/C61H38N2O2/c1-5-21-39(22-6-1)62(40-23-7-2-8-24-40)51-37-50-58(60-55(51)45-31-15-19-35-53(45)65-60)57-49(61(50)47-33-17-13-29-43(47)44-30-14-18-34-48(44)61)38-52(59-56(57)46-32-16-20-36-54(46)64-59)63(41-25-9-3-10-26-41)42-27-11-4-12-28-42/h1-38H. The summed E-state index contributed by atoms with van der Waals surface area (Å²) in [5.74, 6) is 0. The smallest absolute Gasteiger partial charge is 0.160 e. The monoisotopic (exact) mass is 830 g/mol. The molecular formula is C61H38N2O2. The highest BCUT2D eigenvalue weighted by atomic mass is 16.3. The number of hydrogen-bond acceptors (Lipinski definition) is 4. The maximum atomic E-state index is 7.38. The van der Waals surface area contributed by atoms with Gasteiger partial charge in [-0.3, -0.25) is 0 Å². The maximum absolute atomic E-state index is 7.38. The molecule has 0 fully saturated rings. The number of anilines is 6.